The Morgan fingerprint density at radius 3 is 2.56 bits per heavy atom. The number of benzene rings is 2. The zero-order valence-electron chi connectivity index (χ0n) is 26.3. The summed E-state index contributed by atoms with van der Waals surface area (Å²) in [6.45, 7) is 3.38. The third kappa shape index (κ3) is 7.09. The molecule has 1 fully saturated rings. The van der Waals surface area contributed by atoms with Crippen LogP contribution < -0.4 is 33.2 Å². The molecule has 2 aliphatic heterocycles. The number of hydrogen-bond acceptors (Lipinski definition) is 8. The molecule has 1 saturated heterocycles. The first-order chi connectivity index (χ1) is 21.8. The van der Waals surface area contributed by atoms with Gasteiger partial charge in [0.05, 0.1) is 33.3 Å². The Morgan fingerprint density at radius 1 is 1.07 bits per heavy atom. The molecule has 0 bridgehead atoms. The van der Waals surface area contributed by atoms with E-state index in [1.165, 1.54) is 0 Å². The number of unbranched alkanes of at least 4 members (excludes halogenated alkanes) is 1. The molecule has 45 heavy (non-hydrogen) atoms. The van der Waals surface area contributed by atoms with E-state index in [4.69, 9.17) is 23.7 Å². The minimum atomic E-state index is -0.938. The highest BCUT2D eigenvalue weighted by Crippen LogP contribution is 2.47. The van der Waals surface area contributed by atoms with Gasteiger partial charge in [-0.15, -0.1) is 0 Å². The minimum Gasteiger partial charge on any atom is -0.493 e. The summed E-state index contributed by atoms with van der Waals surface area (Å²) < 4.78 is 30.2. The number of ether oxygens (including phenoxy) is 5. The fraction of sp³-hybridized carbons (Fsp3) is 0.441. The van der Waals surface area contributed by atoms with Gasteiger partial charge in [0, 0.05) is 31.1 Å². The van der Waals surface area contributed by atoms with Crippen LogP contribution in [0.1, 0.15) is 37.7 Å². The third-order valence-corrected chi connectivity index (χ3v) is 8.49. The normalized spacial score (nSPS) is 18.9. The van der Waals surface area contributed by atoms with Crippen LogP contribution in [-0.2, 0) is 16.6 Å². The molecule has 3 heterocycles. The summed E-state index contributed by atoms with van der Waals surface area (Å²) in [4.78, 5) is 30.8. The van der Waals surface area contributed by atoms with Crippen LogP contribution in [0.5, 0.6) is 28.7 Å². The van der Waals surface area contributed by atoms with Crippen LogP contribution in [0.15, 0.2) is 60.9 Å². The zero-order chi connectivity index (χ0) is 31.9. The Kier molecular flexibility index (Phi) is 10.3. The molecule has 5 rings (SSSR count). The number of rotatable bonds is 14. The number of pyridine rings is 1. The molecule has 1 unspecified atom stereocenters. The average Bonchev–Trinajstić information content (AvgIpc) is 3.66. The first-order valence-corrected chi connectivity index (χ1v) is 15.3. The second kappa shape index (κ2) is 14.5. The molecular formula is C34H42N3O8+. The second-order valence-corrected chi connectivity index (χ2v) is 11.3. The number of carboxylic acid groups (broad SMARTS) is 1. The van der Waals surface area contributed by atoms with Crippen molar-refractivity contribution in [3.63, 3.8) is 0 Å². The number of aliphatic carboxylic acids is 1. The monoisotopic (exact) mass is 620 g/mol. The van der Waals surface area contributed by atoms with Gasteiger partial charge < -0.3 is 33.7 Å². The predicted molar refractivity (Wildman–Crippen MR) is 166 cm³/mol. The average molecular weight is 621 g/mol. The number of hydrogen-bond donors (Lipinski definition) is 1. The second-order valence-electron chi connectivity index (χ2n) is 11.3. The Hall–Kier alpha value is -4.51. The summed E-state index contributed by atoms with van der Waals surface area (Å²) in [5, 5.41) is 10.6. The van der Waals surface area contributed by atoms with Gasteiger partial charge in [0.2, 0.25) is 18.4 Å². The number of anilines is 1. The van der Waals surface area contributed by atoms with Crippen LogP contribution >= 0.6 is 0 Å². The maximum Gasteiger partial charge on any atom is 0.308 e. The number of para-hydroxylation sites is 2. The quantitative estimate of drug-likeness (QED) is 0.267. The summed E-state index contributed by atoms with van der Waals surface area (Å²) >= 11 is 0. The molecule has 0 saturated carbocycles. The fourth-order valence-corrected chi connectivity index (χ4v) is 6.29. The zero-order valence-corrected chi connectivity index (χ0v) is 26.3. The predicted octanol–water partition coefficient (Wildman–Crippen LogP) is 4.03. The van der Waals surface area contributed by atoms with Gasteiger partial charge in [-0.1, -0.05) is 25.5 Å². The summed E-state index contributed by atoms with van der Waals surface area (Å²) in [6.07, 6.45) is 6.02. The lowest BCUT2D eigenvalue weighted by Crippen LogP contribution is -2.45. The van der Waals surface area contributed by atoms with Crippen LogP contribution in [0.25, 0.3) is 0 Å². The largest absolute Gasteiger partial charge is 0.493 e. The Morgan fingerprint density at radius 2 is 1.84 bits per heavy atom. The van der Waals surface area contributed by atoms with Crippen molar-refractivity contribution in [3.05, 3.63) is 66.5 Å². The first kappa shape index (κ1) is 31.9. The van der Waals surface area contributed by atoms with Crippen LogP contribution in [-0.4, -0.2) is 75.2 Å². The summed E-state index contributed by atoms with van der Waals surface area (Å²) in [6, 6.07) is 14.4. The van der Waals surface area contributed by atoms with Gasteiger partial charge in [0.1, 0.15) is 12.7 Å². The van der Waals surface area contributed by atoms with E-state index in [9.17, 15) is 14.7 Å². The molecule has 1 amide bonds. The molecule has 0 radical (unpaired) electrons. The van der Waals surface area contributed by atoms with Gasteiger partial charge in [0.15, 0.2) is 35.4 Å². The lowest BCUT2D eigenvalue weighted by atomic mass is 9.84. The number of fused-ring (bicyclic) bond motifs is 1. The van der Waals surface area contributed by atoms with Crippen molar-refractivity contribution in [2.45, 2.75) is 38.1 Å². The van der Waals surface area contributed by atoms with Crippen molar-refractivity contribution in [2.75, 3.05) is 52.2 Å². The van der Waals surface area contributed by atoms with Gasteiger partial charge in [-0.2, -0.15) is 0 Å². The molecule has 240 valence electrons. The highest BCUT2D eigenvalue weighted by atomic mass is 16.7. The van der Waals surface area contributed by atoms with Gasteiger partial charge in [-0.3, -0.25) is 14.5 Å². The lowest BCUT2D eigenvalue weighted by molar-refractivity contribution is -0.670. The molecule has 2 aromatic carbocycles. The molecule has 3 aromatic rings. The van der Waals surface area contributed by atoms with Gasteiger partial charge >= 0.3 is 5.97 Å². The number of amides is 1. The number of aromatic nitrogens is 1. The highest BCUT2D eigenvalue weighted by Gasteiger charge is 2.47. The van der Waals surface area contributed by atoms with E-state index in [0.29, 0.717) is 48.3 Å². The SMILES string of the molecule is CCCCN(C(=O)CN1C[C@H](c2cc(OC)c3c(c2)OCO3)C(C(=O)O)[C@@H]1CCOc1ccccc1OC)c1ccc[n+](C)c1. The number of likely N-dealkylation sites (tertiary alicyclic amines) is 1. The number of carboxylic acids is 1. The number of carbonyl (C=O) groups excluding carboxylic acids is 1. The summed E-state index contributed by atoms with van der Waals surface area (Å²) in [5.74, 6) is 0.397. The lowest BCUT2D eigenvalue weighted by Gasteiger charge is -2.29. The van der Waals surface area contributed by atoms with E-state index in [1.807, 2.05) is 77.4 Å². The number of nitrogens with zero attached hydrogens (tertiary/aromatic N) is 3. The Labute approximate surface area is 263 Å². The smallest absolute Gasteiger partial charge is 0.308 e. The molecule has 11 nitrogen and oxygen atoms in total. The van der Waals surface area contributed by atoms with Crippen LogP contribution in [0.3, 0.4) is 0 Å². The van der Waals surface area contributed by atoms with E-state index in [1.54, 1.807) is 19.1 Å². The van der Waals surface area contributed by atoms with E-state index < -0.39 is 23.8 Å². The standard InChI is InChI=1S/C34H41N3O8/c1-5-6-15-37(24-10-9-14-35(2)19-24)31(38)21-36-20-25(23-17-29(42-4)33-30(18-23)44-22-45-33)32(34(39)40)26(36)13-16-43-28-12-8-7-11-27(28)41-3/h7-12,14,17-19,25-26,32H,5-6,13,15-16,20-22H2,1-4H3/p+1/t25-,26+,32?/m1/s1. The molecule has 1 aromatic heterocycles. The topological polar surface area (TPSA) is 111 Å². The fourth-order valence-electron chi connectivity index (χ4n) is 6.29. The van der Waals surface area contributed by atoms with E-state index in [2.05, 4.69) is 6.92 Å². The van der Waals surface area contributed by atoms with Crippen molar-refractivity contribution in [2.24, 2.45) is 13.0 Å². The van der Waals surface area contributed by atoms with Crippen molar-refractivity contribution in [3.8, 4) is 28.7 Å². The highest BCUT2D eigenvalue weighted by molar-refractivity contribution is 5.94. The third-order valence-electron chi connectivity index (χ3n) is 8.49. The molecule has 3 atom stereocenters. The van der Waals surface area contributed by atoms with Gasteiger partial charge in [-0.25, -0.2) is 4.57 Å². The van der Waals surface area contributed by atoms with Crippen molar-refractivity contribution in [1.82, 2.24) is 4.90 Å². The van der Waals surface area contributed by atoms with Crippen molar-refractivity contribution < 1.29 is 42.9 Å². The minimum absolute atomic E-state index is 0.0591. The van der Waals surface area contributed by atoms with Crippen molar-refractivity contribution >= 4 is 17.6 Å². The van der Waals surface area contributed by atoms with Crippen LogP contribution in [0.2, 0.25) is 0 Å². The number of aryl methyl sites for hydroxylation is 1. The Bertz CT molecular complexity index is 1500. The van der Waals surface area contributed by atoms with E-state index in [0.717, 1.165) is 24.1 Å². The van der Waals surface area contributed by atoms with Crippen LogP contribution in [0, 0.1) is 5.92 Å². The molecule has 0 aliphatic carbocycles. The molecule has 0 spiro atoms. The Balaban J connectivity index is 1.45. The molecule has 1 N–H and O–H groups in total. The maximum atomic E-state index is 14.0. The first-order valence-electron chi connectivity index (χ1n) is 15.3. The van der Waals surface area contributed by atoms with Crippen molar-refractivity contribution in [1.29, 1.82) is 0 Å². The van der Waals surface area contributed by atoms with Crippen LogP contribution in [0.4, 0.5) is 5.69 Å². The number of carbonyl (C=O) groups is 2. The van der Waals surface area contributed by atoms with Gasteiger partial charge in [-0.05, 0) is 48.7 Å². The molecular weight excluding hydrogens is 578 g/mol. The van der Waals surface area contributed by atoms with E-state index >= 15 is 0 Å². The molecule has 11 heteroatoms. The maximum absolute atomic E-state index is 14.0. The van der Waals surface area contributed by atoms with Gasteiger partial charge in [0.25, 0.3) is 0 Å². The summed E-state index contributed by atoms with van der Waals surface area (Å²) in [7, 11) is 5.04. The summed E-state index contributed by atoms with van der Waals surface area (Å²) in [5.41, 5.74) is 1.56. The number of methoxy groups -OCH3 is 2. The molecule has 2 aliphatic rings. The van der Waals surface area contributed by atoms with E-state index in [-0.39, 0.29) is 25.9 Å².